The summed E-state index contributed by atoms with van der Waals surface area (Å²) in [7, 11) is 0. The summed E-state index contributed by atoms with van der Waals surface area (Å²) in [6.45, 7) is 6.59. The molecular weight excluding hydrogens is 372 g/mol. The van der Waals surface area contributed by atoms with Gasteiger partial charge >= 0.3 is 0 Å². The van der Waals surface area contributed by atoms with Gasteiger partial charge in [0.1, 0.15) is 17.2 Å². The molecule has 0 heterocycles. The van der Waals surface area contributed by atoms with Crippen LogP contribution in [0, 0.1) is 5.92 Å². The van der Waals surface area contributed by atoms with Crippen LogP contribution in [0.5, 0.6) is 17.2 Å². The first kappa shape index (κ1) is 21.5. The van der Waals surface area contributed by atoms with Gasteiger partial charge in [-0.05, 0) is 76.9 Å². The van der Waals surface area contributed by atoms with Crippen LogP contribution in [0.4, 0.5) is 0 Å². The van der Waals surface area contributed by atoms with Gasteiger partial charge in [0.05, 0.1) is 0 Å². The Morgan fingerprint density at radius 1 is 0.667 bits per heavy atom. The van der Waals surface area contributed by atoms with Crippen molar-refractivity contribution in [1.29, 1.82) is 0 Å². The number of allylic oxidation sites excluding steroid dienone is 2. The van der Waals surface area contributed by atoms with E-state index in [1.54, 1.807) is 36.4 Å². The van der Waals surface area contributed by atoms with E-state index in [1.165, 1.54) is 11.1 Å². The summed E-state index contributed by atoms with van der Waals surface area (Å²) < 4.78 is 0. The fourth-order valence-electron chi connectivity index (χ4n) is 3.80. The molecule has 0 spiro atoms. The van der Waals surface area contributed by atoms with E-state index in [2.05, 4.69) is 26.8 Å². The highest BCUT2D eigenvalue weighted by molar-refractivity contribution is 5.68. The molecule has 30 heavy (non-hydrogen) atoms. The molecule has 0 fully saturated rings. The molecule has 0 aromatic heterocycles. The average Bonchev–Trinajstić information content (AvgIpc) is 2.72. The first-order valence-electron chi connectivity index (χ1n) is 10.4. The SMILES string of the molecule is CC(C/C(=C\C(c1ccc(O)cc1)C(C)C)c1ccc(O)cc1)c1ccc(O)cc1. The molecule has 3 aromatic rings. The Morgan fingerprint density at radius 2 is 1.10 bits per heavy atom. The molecule has 3 aromatic carbocycles. The van der Waals surface area contributed by atoms with Crippen LogP contribution >= 0.6 is 0 Å². The second kappa shape index (κ2) is 9.53. The Kier molecular flexibility index (Phi) is 6.83. The fraction of sp³-hybridized carbons (Fsp3) is 0.259. The lowest BCUT2D eigenvalue weighted by molar-refractivity contribution is 0.474. The fourth-order valence-corrected chi connectivity index (χ4v) is 3.80. The Bertz CT molecular complexity index is 968. The lowest BCUT2D eigenvalue weighted by atomic mass is 9.83. The zero-order valence-corrected chi connectivity index (χ0v) is 17.8. The molecule has 0 aliphatic heterocycles. The van der Waals surface area contributed by atoms with Gasteiger partial charge in [-0.3, -0.25) is 0 Å². The molecule has 0 saturated carbocycles. The second-order valence-corrected chi connectivity index (χ2v) is 8.30. The van der Waals surface area contributed by atoms with Crippen molar-refractivity contribution in [3.63, 3.8) is 0 Å². The maximum atomic E-state index is 9.73. The van der Waals surface area contributed by atoms with Crippen LogP contribution in [-0.4, -0.2) is 15.3 Å². The topological polar surface area (TPSA) is 60.7 Å². The number of benzene rings is 3. The summed E-state index contributed by atoms with van der Waals surface area (Å²) in [5.74, 6) is 1.63. The Hall–Kier alpha value is -3.20. The monoisotopic (exact) mass is 402 g/mol. The molecule has 0 saturated heterocycles. The van der Waals surface area contributed by atoms with Gasteiger partial charge in [0.25, 0.3) is 0 Å². The van der Waals surface area contributed by atoms with Crippen molar-refractivity contribution in [3.05, 3.63) is 95.6 Å². The predicted molar refractivity (Wildman–Crippen MR) is 123 cm³/mol. The lowest BCUT2D eigenvalue weighted by Gasteiger charge is -2.22. The van der Waals surface area contributed by atoms with Gasteiger partial charge in [0.15, 0.2) is 0 Å². The average molecular weight is 403 g/mol. The summed E-state index contributed by atoms with van der Waals surface area (Å²) in [5, 5.41) is 29.0. The molecule has 2 atom stereocenters. The number of hydrogen-bond acceptors (Lipinski definition) is 3. The van der Waals surface area contributed by atoms with Crippen molar-refractivity contribution in [2.75, 3.05) is 0 Å². The van der Waals surface area contributed by atoms with E-state index in [0.717, 1.165) is 17.5 Å². The number of aromatic hydroxyl groups is 3. The first-order valence-corrected chi connectivity index (χ1v) is 10.4. The predicted octanol–water partition coefficient (Wildman–Crippen LogP) is 6.82. The highest BCUT2D eigenvalue weighted by atomic mass is 16.3. The molecule has 156 valence electrons. The molecule has 0 amide bonds. The zero-order chi connectivity index (χ0) is 21.7. The van der Waals surface area contributed by atoms with Crippen molar-refractivity contribution >= 4 is 5.57 Å². The second-order valence-electron chi connectivity index (χ2n) is 8.30. The van der Waals surface area contributed by atoms with Crippen molar-refractivity contribution in [2.24, 2.45) is 5.92 Å². The quantitative estimate of drug-likeness (QED) is 0.406. The highest BCUT2D eigenvalue weighted by Gasteiger charge is 2.17. The third kappa shape index (κ3) is 5.44. The van der Waals surface area contributed by atoms with Crippen LogP contribution in [-0.2, 0) is 0 Å². The van der Waals surface area contributed by atoms with Crippen LogP contribution in [0.3, 0.4) is 0 Å². The zero-order valence-electron chi connectivity index (χ0n) is 17.8. The minimum atomic E-state index is 0.196. The summed E-state index contributed by atoms with van der Waals surface area (Å²) in [4.78, 5) is 0. The largest absolute Gasteiger partial charge is 0.508 e. The van der Waals surface area contributed by atoms with Crippen molar-refractivity contribution in [1.82, 2.24) is 0 Å². The van der Waals surface area contributed by atoms with Gasteiger partial charge in [-0.15, -0.1) is 0 Å². The maximum Gasteiger partial charge on any atom is 0.115 e. The van der Waals surface area contributed by atoms with E-state index >= 15 is 0 Å². The number of hydrogen-bond donors (Lipinski definition) is 3. The molecule has 3 N–H and O–H groups in total. The Morgan fingerprint density at radius 3 is 1.57 bits per heavy atom. The van der Waals surface area contributed by atoms with Gasteiger partial charge in [0.2, 0.25) is 0 Å². The van der Waals surface area contributed by atoms with Crippen LogP contribution in [0.2, 0.25) is 0 Å². The van der Waals surface area contributed by atoms with Crippen LogP contribution < -0.4 is 0 Å². The normalized spacial score (nSPS) is 13.9. The van der Waals surface area contributed by atoms with E-state index in [-0.39, 0.29) is 29.1 Å². The van der Waals surface area contributed by atoms with Gasteiger partial charge in [-0.2, -0.15) is 0 Å². The summed E-state index contributed by atoms with van der Waals surface area (Å²) in [6, 6.07) is 22.2. The third-order valence-electron chi connectivity index (χ3n) is 5.60. The Labute approximate surface area is 179 Å². The van der Waals surface area contributed by atoms with Crippen molar-refractivity contribution in [2.45, 2.75) is 39.0 Å². The van der Waals surface area contributed by atoms with Crippen LogP contribution in [0.1, 0.15) is 55.7 Å². The van der Waals surface area contributed by atoms with E-state index in [1.807, 2.05) is 36.4 Å². The highest BCUT2D eigenvalue weighted by Crippen LogP contribution is 2.36. The molecule has 2 unspecified atom stereocenters. The molecule has 0 radical (unpaired) electrons. The van der Waals surface area contributed by atoms with Crippen molar-refractivity contribution < 1.29 is 15.3 Å². The minimum Gasteiger partial charge on any atom is -0.508 e. The van der Waals surface area contributed by atoms with Crippen molar-refractivity contribution in [3.8, 4) is 17.2 Å². The molecule has 3 heteroatoms. The van der Waals surface area contributed by atoms with E-state index in [9.17, 15) is 15.3 Å². The van der Waals surface area contributed by atoms with E-state index in [0.29, 0.717) is 5.92 Å². The van der Waals surface area contributed by atoms with Gasteiger partial charge in [0, 0.05) is 5.92 Å². The molecule has 3 nitrogen and oxygen atoms in total. The number of phenolic OH excluding ortho intramolecular Hbond substituents is 3. The first-order chi connectivity index (χ1) is 14.3. The lowest BCUT2D eigenvalue weighted by Crippen LogP contribution is -2.06. The molecule has 0 aliphatic carbocycles. The van der Waals surface area contributed by atoms with E-state index in [4.69, 9.17) is 0 Å². The van der Waals surface area contributed by atoms with Crippen LogP contribution in [0.25, 0.3) is 5.57 Å². The standard InChI is InChI=1S/C27H30O3/c1-18(2)27(22-8-14-26(30)15-9-22)17-23(21-6-12-25(29)13-7-21)16-19(3)20-4-10-24(28)11-5-20/h4-15,17-19,27-30H,16H2,1-3H3/b23-17+. The number of phenols is 3. The molecule has 3 rings (SSSR count). The summed E-state index contributed by atoms with van der Waals surface area (Å²) >= 11 is 0. The summed E-state index contributed by atoms with van der Waals surface area (Å²) in [6.07, 6.45) is 3.15. The molecule has 0 bridgehead atoms. The van der Waals surface area contributed by atoms with Gasteiger partial charge in [-0.1, -0.05) is 63.2 Å². The maximum absolute atomic E-state index is 9.73. The third-order valence-corrected chi connectivity index (χ3v) is 5.60. The van der Waals surface area contributed by atoms with Gasteiger partial charge in [-0.25, -0.2) is 0 Å². The molecular formula is C27H30O3. The number of rotatable bonds is 7. The minimum absolute atomic E-state index is 0.196. The Balaban J connectivity index is 1.99. The smallest absolute Gasteiger partial charge is 0.115 e. The molecule has 0 aliphatic rings. The van der Waals surface area contributed by atoms with Gasteiger partial charge < -0.3 is 15.3 Å². The summed E-state index contributed by atoms with van der Waals surface area (Å²) in [5.41, 5.74) is 4.63. The van der Waals surface area contributed by atoms with E-state index < -0.39 is 0 Å². The van der Waals surface area contributed by atoms with Crippen LogP contribution in [0.15, 0.2) is 78.9 Å².